The van der Waals surface area contributed by atoms with Gasteiger partial charge in [0.05, 0.1) is 13.2 Å². The fourth-order valence-electron chi connectivity index (χ4n) is 4.78. The first-order valence-electron chi connectivity index (χ1n) is 12.9. The molecule has 3 heterocycles. The van der Waals surface area contributed by atoms with Gasteiger partial charge in [-0.2, -0.15) is 5.10 Å². The normalized spacial score (nSPS) is 19.9. The Labute approximate surface area is 210 Å². The molecular weight excluding hydrogens is 464 g/mol. The van der Waals surface area contributed by atoms with Crippen molar-refractivity contribution in [2.75, 3.05) is 32.9 Å². The molecular formula is C25H42N4O5Si. The molecule has 1 saturated heterocycles. The lowest BCUT2D eigenvalue weighted by Crippen LogP contribution is -2.44. The van der Waals surface area contributed by atoms with Crippen molar-refractivity contribution in [3.63, 3.8) is 0 Å². The first-order chi connectivity index (χ1) is 16.4. The molecule has 0 atom stereocenters. The summed E-state index contributed by atoms with van der Waals surface area (Å²) >= 11 is 0. The van der Waals surface area contributed by atoms with Crippen LogP contribution >= 0.6 is 0 Å². The molecule has 35 heavy (non-hydrogen) atoms. The van der Waals surface area contributed by atoms with E-state index in [1.54, 1.807) is 4.90 Å². The zero-order valence-electron chi connectivity index (χ0n) is 22.3. The number of nitrogens with zero attached hydrogens (tertiary/aromatic N) is 4. The van der Waals surface area contributed by atoms with Crippen LogP contribution in [-0.2, 0) is 33.9 Å². The van der Waals surface area contributed by atoms with Crippen LogP contribution in [0.15, 0.2) is 0 Å². The van der Waals surface area contributed by atoms with Crippen molar-refractivity contribution >= 4 is 20.1 Å². The monoisotopic (exact) mass is 506 g/mol. The molecule has 0 N–H and O–H groups in total. The maximum absolute atomic E-state index is 13.9. The van der Waals surface area contributed by atoms with Crippen molar-refractivity contribution in [1.29, 1.82) is 0 Å². The summed E-state index contributed by atoms with van der Waals surface area (Å²) in [6.07, 6.45) is 3.14. The van der Waals surface area contributed by atoms with Gasteiger partial charge in [-0.1, -0.05) is 19.6 Å². The SMILES string of the molecule is CC(C)(C)OC(=O)N1CCc2c(c(C(=O)N3CCOCCC34CC4)nn2COCC[Si](C)(C)C)C1. The molecule has 196 valence electrons. The van der Waals surface area contributed by atoms with Gasteiger partial charge in [0.2, 0.25) is 0 Å². The second-order valence-corrected chi connectivity index (χ2v) is 17.9. The summed E-state index contributed by atoms with van der Waals surface area (Å²) in [5, 5.41) is 4.79. The van der Waals surface area contributed by atoms with Crippen molar-refractivity contribution in [3.05, 3.63) is 17.0 Å². The standard InChI is InChI=1S/C25H42N4O5Si/c1-24(2,3)34-23(31)27-11-7-20-19(17-27)21(26-29(20)18-33-15-16-35(4,5)6)22(30)28-12-14-32-13-10-25(28)8-9-25/h7-18H2,1-6H3. The zero-order chi connectivity index (χ0) is 25.4. The molecule has 1 aromatic rings. The Morgan fingerprint density at radius 1 is 1.11 bits per heavy atom. The number of hydrogen-bond acceptors (Lipinski definition) is 6. The van der Waals surface area contributed by atoms with Crippen molar-refractivity contribution < 1.29 is 23.8 Å². The smallest absolute Gasteiger partial charge is 0.410 e. The summed E-state index contributed by atoms with van der Waals surface area (Å²) in [5.74, 6) is -0.0591. The highest BCUT2D eigenvalue weighted by Gasteiger charge is 2.51. The molecule has 0 aromatic carbocycles. The number of carbonyl (C=O) groups is 2. The number of fused-ring (bicyclic) bond motifs is 1. The van der Waals surface area contributed by atoms with Crippen LogP contribution in [0.5, 0.6) is 0 Å². The summed E-state index contributed by atoms with van der Waals surface area (Å²) in [5.41, 5.74) is 1.57. The van der Waals surface area contributed by atoms with Gasteiger partial charge >= 0.3 is 6.09 Å². The van der Waals surface area contributed by atoms with Crippen LogP contribution in [-0.4, -0.2) is 83.7 Å². The Morgan fingerprint density at radius 2 is 1.86 bits per heavy atom. The average Bonchev–Trinajstić information content (AvgIpc) is 3.49. The van der Waals surface area contributed by atoms with E-state index in [1.807, 2.05) is 30.4 Å². The highest BCUT2D eigenvalue weighted by atomic mass is 28.3. The summed E-state index contributed by atoms with van der Waals surface area (Å²) in [7, 11) is -1.20. The van der Waals surface area contributed by atoms with Crippen LogP contribution in [0, 0.1) is 0 Å². The number of hydrogen-bond donors (Lipinski definition) is 0. The third kappa shape index (κ3) is 6.27. The molecule has 1 saturated carbocycles. The van der Waals surface area contributed by atoms with Gasteiger partial charge in [0.1, 0.15) is 12.3 Å². The number of amides is 2. The molecule has 9 nitrogen and oxygen atoms in total. The lowest BCUT2D eigenvalue weighted by Gasteiger charge is -2.31. The zero-order valence-corrected chi connectivity index (χ0v) is 23.3. The van der Waals surface area contributed by atoms with Crippen LogP contribution < -0.4 is 0 Å². The number of carbonyl (C=O) groups excluding carboxylic acids is 2. The van der Waals surface area contributed by atoms with E-state index < -0.39 is 13.7 Å². The molecule has 2 amide bonds. The maximum Gasteiger partial charge on any atom is 0.410 e. The molecule has 0 unspecified atom stereocenters. The molecule has 0 radical (unpaired) electrons. The van der Waals surface area contributed by atoms with Gasteiger partial charge < -0.3 is 24.0 Å². The van der Waals surface area contributed by atoms with Gasteiger partial charge in [-0.25, -0.2) is 9.48 Å². The number of ether oxygens (including phenoxy) is 3. The lowest BCUT2D eigenvalue weighted by atomic mass is 10.0. The van der Waals surface area contributed by atoms with E-state index in [4.69, 9.17) is 19.3 Å². The minimum atomic E-state index is -1.20. The molecule has 2 aliphatic heterocycles. The Hall–Kier alpha value is -1.91. The Morgan fingerprint density at radius 3 is 2.51 bits per heavy atom. The quantitative estimate of drug-likeness (QED) is 0.430. The fraction of sp³-hybridized carbons (Fsp3) is 0.800. The van der Waals surface area contributed by atoms with E-state index >= 15 is 0 Å². The summed E-state index contributed by atoms with van der Waals surface area (Å²) in [6, 6.07) is 1.07. The van der Waals surface area contributed by atoms with E-state index in [0.717, 1.165) is 36.6 Å². The highest BCUT2D eigenvalue weighted by molar-refractivity contribution is 6.76. The summed E-state index contributed by atoms with van der Waals surface area (Å²) in [4.78, 5) is 30.4. The predicted molar refractivity (Wildman–Crippen MR) is 135 cm³/mol. The third-order valence-corrected chi connectivity index (χ3v) is 8.72. The summed E-state index contributed by atoms with van der Waals surface area (Å²) in [6.45, 7) is 16.2. The molecule has 3 aliphatic rings. The van der Waals surface area contributed by atoms with Crippen molar-refractivity contribution in [3.8, 4) is 0 Å². The van der Waals surface area contributed by atoms with Gasteiger partial charge in [-0.3, -0.25) is 4.79 Å². The first-order valence-corrected chi connectivity index (χ1v) is 16.6. The van der Waals surface area contributed by atoms with Gasteiger partial charge in [-0.05, 0) is 46.1 Å². The topological polar surface area (TPSA) is 86.1 Å². The van der Waals surface area contributed by atoms with Gasteiger partial charge in [-0.15, -0.1) is 0 Å². The van der Waals surface area contributed by atoms with Crippen molar-refractivity contribution in [1.82, 2.24) is 19.6 Å². The van der Waals surface area contributed by atoms with Gasteiger partial charge in [0.15, 0.2) is 5.69 Å². The van der Waals surface area contributed by atoms with Crippen LogP contribution in [0.4, 0.5) is 4.79 Å². The van der Waals surface area contributed by atoms with E-state index in [1.165, 1.54) is 0 Å². The van der Waals surface area contributed by atoms with Crippen molar-refractivity contribution in [2.24, 2.45) is 0 Å². The predicted octanol–water partition coefficient (Wildman–Crippen LogP) is 3.88. The first kappa shape index (κ1) is 26.2. The highest BCUT2D eigenvalue weighted by Crippen LogP contribution is 2.46. The minimum Gasteiger partial charge on any atom is -0.444 e. The molecule has 10 heteroatoms. The molecule has 1 aromatic heterocycles. The Balaban J connectivity index is 1.58. The third-order valence-electron chi connectivity index (χ3n) is 7.01. The van der Waals surface area contributed by atoms with Gasteiger partial charge in [0, 0.05) is 57.6 Å². The second kappa shape index (κ2) is 9.86. The Bertz CT molecular complexity index is 945. The Kier molecular flexibility index (Phi) is 7.37. The van der Waals surface area contributed by atoms with E-state index in [2.05, 4.69) is 19.6 Å². The van der Waals surface area contributed by atoms with E-state index in [0.29, 0.717) is 58.3 Å². The lowest BCUT2D eigenvalue weighted by molar-refractivity contribution is 0.0217. The summed E-state index contributed by atoms with van der Waals surface area (Å²) < 4.78 is 19.1. The van der Waals surface area contributed by atoms with Gasteiger partial charge in [0.25, 0.3) is 5.91 Å². The van der Waals surface area contributed by atoms with Crippen LogP contribution in [0.1, 0.15) is 61.8 Å². The minimum absolute atomic E-state index is 0.0591. The average molecular weight is 507 g/mol. The van der Waals surface area contributed by atoms with Crippen LogP contribution in [0.2, 0.25) is 25.7 Å². The molecule has 0 bridgehead atoms. The molecule has 1 aliphatic carbocycles. The van der Waals surface area contributed by atoms with Crippen LogP contribution in [0.25, 0.3) is 0 Å². The number of rotatable bonds is 6. The second-order valence-electron chi connectivity index (χ2n) is 12.3. The van der Waals surface area contributed by atoms with Crippen molar-refractivity contribution in [2.45, 2.75) is 96.6 Å². The molecule has 2 fully saturated rings. The van der Waals surface area contributed by atoms with E-state index in [9.17, 15) is 9.59 Å². The molecule has 4 rings (SSSR count). The van der Waals surface area contributed by atoms with Crippen LogP contribution in [0.3, 0.4) is 0 Å². The molecule has 1 spiro atoms. The maximum atomic E-state index is 13.9. The number of aromatic nitrogens is 2. The largest absolute Gasteiger partial charge is 0.444 e. The van der Waals surface area contributed by atoms with E-state index in [-0.39, 0.29) is 17.5 Å². The fourth-order valence-corrected chi connectivity index (χ4v) is 5.54.